The number of aliphatic hydroxyl groups excluding tert-OH is 1. The van der Waals surface area contributed by atoms with Gasteiger partial charge in [-0.2, -0.15) is 10.2 Å². The van der Waals surface area contributed by atoms with Crippen molar-refractivity contribution in [2.24, 2.45) is 14.1 Å². The van der Waals surface area contributed by atoms with Gasteiger partial charge in [0.05, 0.1) is 29.6 Å². The van der Waals surface area contributed by atoms with Crippen LogP contribution in [0.5, 0.6) is 5.75 Å². The molecule has 206 valence electrons. The number of rotatable bonds is 7. The zero-order valence-corrected chi connectivity index (χ0v) is 23.1. The number of phenols is 1. The highest BCUT2D eigenvalue weighted by Gasteiger charge is 2.35. The van der Waals surface area contributed by atoms with Crippen LogP contribution in [0.25, 0.3) is 44.6 Å². The van der Waals surface area contributed by atoms with Gasteiger partial charge in [-0.15, -0.1) is 0 Å². The van der Waals surface area contributed by atoms with Crippen molar-refractivity contribution in [3.63, 3.8) is 0 Å². The fourth-order valence-corrected chi connectivity index (χ4v) is 6.08. The van der Waals surface area contributed by atoms with Crippen LogP contribution in [-0.4, -0.2) is 44.3 Å². The lowest BCUT2D eigenvalue weighted by atomic mass is 10.0. The van der Waals surface area contributed by atoms with Gasteiger partial charge in [0.2, 0.25) is 0 Å². The van der Waals surface area contributed by atoms with Crippen LogP contribution in [-0.2, 0) is 20.6 Å². The monoisotopic (exact) mass is 545 g/mol. The fourth-order valence-electron chi connectivity index (χ4n) is 6.08. The van der Waals surface area contributed by atoms with Gasteiger partial charge in [0.15, 0.2) is 5.65 Å². The van der Waals surface area contributed by atoms with E-state index in [1.807, 2.05) is 36.3 Å². The van der Waals surface area contributed by atoms with Crippen molar-refractivity contribution in [2.75, 3.05) is 0 Å². The molecule has 2 aromatic carbocycles. The lowest BCUT2D eigenvalue weighted by Crippen LogP contribution is -2.08. The predicted molar refractivity (Wildman–Crippen MR) is 156 cm³/mol. The third-order valence-electron chi connectivity index (χ3n) is 8.44. The molecule has 1 atom stereocenters. The standard InChI is InChI=1S/C32H31N7O2/c1-37-15-21-14-24(28(19-6-7-19)33-31(21)36-37)32-34-29(30(38(32)2)20-8-9-20)23-4-3-5-26-25(23)16-39(35-26)17-27(41)18-10-12-22(40)13-11-18/h3-5,10-16,19-20,27,40-41H,6-9,17H2,1-2H3/t27-/m0/s1. The predicted octanol–water partition coefficient (Wildman–Crippen LogP) is 5.58. The molecular formula is C32H31N7O2. The number of benzene rings is 2. The van der Waals surface area contributed by atoms with Crippen molar-refractivity contribution < 1.29 is 10.2 Å². The maximum atomic E-state index is 10.8. The third kappa shape index (κ3) is 4.19. The summed E-state index contributed by atoms with van der Waals surface area (Å²) in [5.74, 6) is 2.08. The van der Waals surface area contributed by atoms with E-state index in [4.69, 9.17) is 15.1 Å². The number of imidazole rings is 1. The summed E-state index contributed by atoms with van der Waals surface area (Å²) < 4.78 is 5.92. The first-order valence-electron chi connectivity index (χ1n) is 14.3. The molecular weight excluding hydrogens is 514 g/mol. The van der Waals surface area contributed by atoms with Crippen molar-refractivity contribution in [1.82, 2.24) is 34.1 Å². The molecule has 9 nitrogen and oxygen atoms in total. The second-order valence-corrected chi connectivity index (χ2v) is 11.6. The van der Waals surface area contributed by atoms with Crippen molar-refractivity contribution in [2.45, 2.75) is 50.2 Å². The van der Waals surface area contributed by atoms with Crippen molar-refractivity contribution in [1.29, 1.82) is 0 Å². The normalized spacial score (nSPS) is 16.2. The number of hydrogen-bond acceptors (Lipinski definition) is 6. The van der Waals surface area contributed by atoms with Gasteiger partial charge in [-0.05, 0) is 55.5 Å². The Morgan fingerprint density at radius 3 is 2.44 bits per heavy atom. The van der Waals surface area contributed by atoms with Crippen LogP contribution in [0.2, 0.25) is 0 Å². The SMILES string of the molecule is Cn1cc2cc(-c3nc(-c4cccc5nn(C[C@H](O)c6ccc(O)cc6)cc45)c(C4CC4)n3C)c(C3CC3)nc2n1. The quantitative estimate of drug-likeness (QED) is 0.271. The van der Waals surface area contributed by atoms with Crippen LogP contribution in [0.3, 0.4) is 0 Å². The smallest absolute Gasteiger partial charge is 0.181 e. The van der Waals surface area contributed by atoms with Gasteiger partial charge < -0.3 is 14.8 Å². The number of aryl methyl sites for hydroxylation is 1. The van der Waals surface area contributed by atoms with Gasteiger partial charge in [-0.3, -0.25) is 9.36 Å². The topological polar surface area (TPSA) is 107 Å². The third-order valence-corrected chi connectivity index (χ3v) is 8.44. The summed E-state index contributed by atoms with van der Waals surface area (Å²) in [6.45, 7) is 0.309. The molecule has 41 heavy (non-hydrogen) atoms. The number of phenolic OH excluding ortho intramolecular Hbond substituents is 1. The minimum Gasteiger partial charge on any atom is -0.508 e. The maximum Gasteiger partial charge on any atom is 0.181 e. The average molecular weight is 546 g/mol. The molecule has 2 aliphatic carbocycles. The number of aromatic nitrogens is 7. The maximum absolute atomic E-state index is 10.8. The van der Waals surface area contributed by atoms with E-state index in [0.29, 0.717) is 18.4 Å². The second kappa shape index (κ2) is 9.01. The average Bonchev–Trinajstić information content (AvgIpc) is 3.87. The van der Waals surface area contributed by atoms with Gasteiger partial charge >= 0.3 is 0 Å². The first-order chi connectivity index (χ1) is 19.9. The molecule has 8 rings (SSSR count). The molecule has 0 amide bonds. The van der Waals surface area contributed by atoms with Crippen LogP contribution < -0.4 is 0 Å². The number of pyridine rings is 1. The molecule has 0 spiro atoms. The summed E-state index contributed by atoms with van der Waals surface area (Å²) in [4.78, 5) is 10.4. The highest BCUT2D eigenvalue weighted by Crippen LogP contribution is 2.49. The van der Waals surface area contributed by atoms with Crippen molar-refractivity contribution >= 4 is 21.9 Å². The Bertz CT molecular complexity index is 1940. The number of aliphatic hydroxyl groups is 1. The molecule has 0 bridgehead atoms. The van der Waals surface area contributed by atoms with Gasteiger partial charge in [-0.25, -0.2) is 9.97 Å². The molecule has 6 aromatic rings. The summed E-state index contributed by atoms with van der Waals surface area (Å²) in [6, 6.07) is 15.0. The molecule has 0 radical (unpaired) electrons. The minimum atomic E-state index is -0.743. The largest absolute Gasteiger partial charge is 0.508 e. The molecule has 0 aliphatic heterocycles. The Kier molecular flexibility index (Phi) is 5.34. The number of fused-ring (bicyclic) bond motifs is 2. The van der Waals surface area contributed by atoms with Crippen LogP contribution in [0.15, 0.2) is 60.9 Å². The van der Waals surface area contributed by atoms with Crippen LogP contribution in [0, 0.1) is 0 Å². The van der Waals surface area contributed by atoms with Crippen LogP contribution >= 0.6 is 0 Å². The van der Waals surface area contributed by atoms with Crippen molar-refractivity contribution in [3.8, 4) is 28.4 Å². The van der Waals surface area contributed by atoms with E-state index in [9.17, 15) is 10.2 Å². The van der Waals surface area contributed by atoms with E-state index in [1.54, 1.807) is 28.9 Å². The van der Waals surface area contributed by atoms with E-state index >= 15 is 0 Å². The van der Waals surface area contributed by atoms with Gasteiger partial charge in [0, 0.05) is 65.9 Å². The molecule has 2 fully saturated rings. The van der Waals surface area contributed by atoms with E-state index in [0.717, 1.165) is 81.5 Å². The molecule has 0 unspecified atom stereocenters. The summed E-state index contributed by atoms with van der Waals surface area (Å²) in [5.41, 5.74) is 7.92. The Balaban J connectivity index is 1.24. The molecule has 4 heterocycles. The zero-order valence-electron chi connectivity index (χ0n) is 23.1. The van der Waals surface area contributed by atoms with E-state index in [2.05, 4.69) is 28.8 Å². The molecule has 4 aromatic heterocycles. The van der Waals surface area contributed by atoms with Gasteiger partial charge in [0.25, 0.3) is 0 Å². The van der Waals surface area contributed by atoms with Gasteiger partial charge in [0.1, 0.15) is 11.6 Å². The van der Waals surface area contributed by atoms with E-state index < -0.39 is 6.10 Å². The second-order valence-electron chi connectivity index (χ2n) is 11.6. The lowest BCUT2D eigenvalue weighted by molar-refractivity contribution is 0.152. The van der Waals surface area contributed by atoms with Crippen LogP contribution in [0.1, 0.15) is 60.6 Å². The summed E-state index contributed by atoms with van der Waals surface area (Å²) >= 11 is 0. The lowest BCUT2D eigenvalue weighted by Gasteiger charge is -2.11. The van der Waals surface area contributed by atoms with Crippen molar-refractivity contribution in [3.05, 3.63) is 77.9 Å². The molecule has 2 N–H and O–H groups in total. The Hall–Kier alpha value is -4.50. The molecule has 2 saturated carbocycles. The highest BCUT2D eigenvalue weighted by molar-refractivity contribution is 5.95. The zero-order chi connectivity index (χ0) is 27.8. The summed E-state index contributed by atoms with van der Waals surface area (Å²) in [6.07, 6.45) is 7.92. The first-order valence-corrected chi connectivity index (χ1v) is 14.3. The molecule has 2 aliphatic rings. The van der Waals surface area contributed by atoms with E-state index in [-0.39, 0.29) is 5.75 Å². The minimum absolute atomic E-state index is 0.178. The highest BCUT2D eigenvalue weighted by atomic mass is 16.3. The Labute approximate surface area is 236 Å². The Morgan fingerprint density at radius 2 is 1.68 bits per heavy atom. The fraction of sp³-hybridized carbons (Fsp3) is 0.312. The van der Waals surface area contributed by atoms with Gasteiger partial charge in [-0.1, -0.05) is 24.3 Å². The molecule has 0 saturated heterocycles. The number of hydrogen-bond donors (Lipinski definition) is 2. The molecule has 9 heteroatoms. The Morgan fingerprint density at radius 1 is 0.902 bits per heavy atom. The summed E-state index contributed by atoms with van der Waals surface area (Å²) in [5, 5.41) is 31.9. The summed E-state index contributed by atoms with van der Waals surface area (Å²) in [7, 11) is 4.08. The van der Waals surface area contributed by atoms with E-state index in [1.165, 1.54) is 5.69 Å². The van der Waals surface area contributed by atoms with Crippen LogP contribution in [0.4, 0.5) is 0 Å². The number of nitrogens with zero attached hydrogens (tertiary/aromatic N) is 7. The number of aromatic hydroxyl groups is 1. The first kappa shape index (κ1) is 24.3.